The van der Waals surface area contributed by atoms with Crippen molar-refractivity contribution in [2.45, 2.75) is 6.54 Å². The molecule has 0 radical (unpaired) electrons. The molecule has 5 heteroatoms. The molecule has 0 saturated heterocycles. The lowest BCUT2D eigenvalue weighted by Gasteiger charge is -2.09. The summed E-state index contributed by atoms with van der Waals surface area (Å²) in [5, 5.41) is 2.84. The minimum Gasteiger partial charge on any atom is -0.497 e. The van der Waals surface area contributed by atoms with Crippen LogP contribution < -0.4 is 14.8 Å². The third kappa shape index (κ3) is 3.47. The van der Waals surface area contributed by atoms with Crippen LogP contribution in [0.25, 0.3) is 0 Å². The second-order valence-corrected chi connectivity index (χ2v) is 4.14. The average Bonchev–Trinajstić information content (AvgIpc) is 2.52. The van der Waals surface area contributed by atoms with Gasteiger partial charge in [-0.15, -0.1) is 0 Å². The zero-order valence-electron chi connectivity index (χ0n) is 11.4. The van der Waals surface area contributed by atoms with E-state index in [2.05, 4.69) is 10.3 Å². The van der Waals surface area contributed by atoms with E-state index in [-0.39, 0.29) is 5.91 Å². The minimum atomic E-state index is -0.181. The Morgan fingerprint density at radius 1 is 1.10 bits per heavy atom. The van der Waals surface area contributed by atoms with Crippen LogP contribution in [-0.4, -0.2) is 25.1 Å². The highest BCUT2D eigenvalue weighted by molar-refractivity contribution is 5.95. The number of aromatic nitrogens is 1. The predicted octanol–water partition coefficient (Wildman–Crippen LogP) is 2.03. The number of pyridine rings is 1. The Balaban J connectivity index is 2.08. The van der Waals surface area contributed by atoms with Crippen molar-refractivity contribution in [1.82, 2.24) is 10.3 Å². The molecule has 0 aliphatic heterocycles. The number of carbonyl (C=O) groups is 1. The molecule has 1 heterocycles. The van der Waals surface area contributed by atoms with Crippen LogP contribution in [0.3, 0.4) is 0 Å². The molecule has 0 aliphatic rings. The number of amides is 1. The molecule has 1 aromatic carbocycles. The highest BCUT2D eigenvalue weighted by Crippen LogP contribution is 2.22. The van der Waals surface area contributed by atoms with E-state index in [1.807, 2.05) is 12.1 Å². The lowest BCUT2D eigenvalue weighted by atomic mass is 10.1. The van der Waals surface area contributed by atoms with E-state index in [1.54, 1.807) is 44.8 Å². The van der Waals surface area contributed by atoms with Gasteiger partial charge in [-0.25, -0.2) is 0 Å². The van der Waals surface area contributed by atoms with Gasteiger partial charge in [0.15, 0.2) is 0 Å². The fraction of sp³-hybridized carbons (Fsp3) is 0.200. The van der Waals surface area contributed by atoms with Crippen molar-refractivity contribution in [3.05, 3.63) is 53.9 Å². The molecular formula is C15H16N2O3. The van der Waals surface area contributed by atoms with Crippen LogP contribution >= 0.6 is 0 Å². The molecule has 0 saturated carbocycles. The fourth-order valence-electron chi connectivity index (χ4n) is 1.72. The molecule has 5 nitrogen and oxygen atoms in total. The summed E-state index contributed by atoms with van der Waals surface area (Å²) in [6.07, 6.45) is 3.38. The number of hydrogen-bond donors (Lipinski definition) is 1. The van der Waals surface area contributed by atoms with E-state index in [1.165, 1.54) is 0 Å². The second-order valence-electron chi connectivity index (χ2n) is 4.14. The van der Waals surface area contributed by atoms with Gasteiger partial charge in [-0.1, -0.05) is 0 Å². The number of methoxy groups -OCH3 is 2. The van der Waals surface area contributed by atoms with Crippen molar-refractivity contribution < 1.29 is 14.3 Å². The minimum absolute atomic E-state index is 0.181. The molecule has 0 unspecified atom stereocenters. The summed E-state index contributed by atoms with van der Waals surface area (Å²) >= 11 is 0. The van der Waals surface area contributed by atoms with Crippen molar-refractivity contribution in [2.24, 2.45) is 0 Å². The van der Waals surface area contributed by atoms with Gasteiger partial charge in [-0.3, -0.25) is 9.78 Å². The van der Waals surface area contributed by atoms with E-state index in [9.17, 15) is 4.79 Å². The smallest absolute Gasteiger partial charge is 0.251 e. The van der Waals surface area contributed by atoms with Crippen molar-refractivity contribution in [1.29, 1.82) is 0 Å². The topological polar surface area (TPSA) is 60.5 Å². The maximum atomic E-state index is 12.1. The third-order valence-electron chi connectivity index (χ3n) is 2.82. The van der Waals surface area contributed by atoms with Gasteiger partial charge in [0.25, 0.3) is 5.91 Å². The molecule has 1 aromatic heterocycles. The number of hydrogen-bond acceptors (Lipinski definition) is 4. The number of nitrogens with one attached hydrogen (secondary N) is 1. The summed E-state index contributed by atoms with van der Waals surface area (Å²) in [5.74, 6) is 0.982. The molecule has 2 aromatic rings. The SMILES string of the molecule is COc1cc(OC)cc(C(=O)NCc2ccncc2)c1. The van der Waals surface area contributed by atoms with E-state index < -0.39 is 0 Å². The van der Waals surface area contributed by atoms with E-state index >= 15 is 0 Å². The van der Waals surface area contributed by atoms with Crippen molar-refractivity contribution in [3.8, 4) is 11.5 Å². The van der Waals surface area contributed by atoms with Crippen LogP contribution in [0.4, 0.5) is 0 Å². The largest absolute Gasteiger partial charge is 0.497 e. The van der Waals surface area contributed by atoms with Gasteiger partial charge in [-0.2, -0.15) is 0 Å². The molecule has 1 N–H and O–H groups in total. The standard InChI is InChI=1S/C15H16N2O3/c1-19-13-7-12(8-14(9-13)20-2)15(18)17-10-11-3-5-16-6-4-11/h3-9H,10H2,1-2H3,(H,17,18). The molecule has 0 bridgehead atoms. The number of benzene rings is 1. The number of nitrogens with zero attached hydrogens (tertiary/aromatic N) is 1. The molecule has 2 rings (SSSR count). The third-order valence-corrected chi connectivity index (χ3v) is 2.82. The lowest BCUT2D eigenvalue weighted by molar-refractivity contribution is 0.0950. The average molecular weight is 272 g/mol. The predicted molar refractivity (Wildman–Crippen MR) is 75.0 cm³/mol. The molecular weight excluding hydrogens is 256 g/mol. The van der Waals surface area contributed by atoms with Crippen LogP contribution in [0.15, 0.2) is 42.7 Å². The van der Waals surface area contributed by atoms with Gasteiger partial charge >= 0.3 is 0 Å². The summed E-state index contributed by atoms with van der Waals surface area (Å²) in [7, 11) is 3.10. The zero-order chi connectivity index (χ0) is 14.4. The summed E-state index contributed by atoms with van der Waals surface area (Å²) in [5.41, 5.74) is 1.48. The Morgan fingerprint density at radius 3 is 2.25 bits per heavy atom. The molecule has 0 fully saturated rings. The van der Waals surface area contributed by atoms with Crippen LogP contribution in [0.5, 0.6) is 11.5 Å². The van der Waals surface area contributed by atoms with Crippen molar-refractivity contribution >= 4 is 5.91 Å². The van der Waals surface area contributed by atoms with Crippen LogP contribution in [0.2, 0.25) is 0 Å². The van der Waals surface area contributed by atoms with Crippen LogP contribution in [0, 0.1) is 0 Å². The summed E-state index contributed by atoms with van der Waals surface area (Å²) in [6.45, 7) is 0.445. The zero-order valence-corrected chi connectivity index (χ0v) is 11.4. The van der Waals surface area contributed by atoms with Crippen molar-refractivity contribution in [2.75, 3.05) is 14.2 Å². The van der Waals surface area contributed by atoms with Crippen LogP contribution in [0.1, 0.15) is 15.9 Å². The lowest BCUT2D eigenvalue weighted by Crippen LogP contribution is -2.22. The Morgan fingerprint density at radius 2 is 1.70 bits per heavy atom. The van der Waals surface area contributed by atoms with Gasteiger partial charge in [0.2, 0.25) is 0 Å². The maximum Gasteiger partial charge on any atom is 0.251 e. The first-order valence-corrected chi connectivity index (χ1v) is 6.13. The Kier molecular flexibility index (Phi) is 4.55. The van der Waals surface area contributed by atoms with Gasteiger partial charge in [0.05, 0.1) is 14.2 Å². The molecule has 0 atom stereocenters. The summed E-state index contributed by atoms with van der Waals surface area (Å²) < 4.78 is 10.3. The number of rotatable bonds is 5. The number of ether oxygens (including phenoxy) is 2. The van der Waals surface area contributed by atoms with E-state index in [0.29, 0.717) is 23.6 Å². The second kappa shape index (κ2) is 6.56. The summed E-state index contributed by atoms with van der Waals surface area (Å²) in [4.78, 5) is 16.0. The van der Waals surface area contributed by atoms with E-state index in [4.69, 9.17) is 9.47 Å². The van der Waals surface area contributed by atoms with E-state index in [0.717, 1.165) is 5.56 Å². The van der Waals surface area contributed by atoms with Crippen molar-refractivity contribution in [3.63, 3.8) is 0 Å². The van der Waals surface area contributed by atoms with Crippen LogP contribution in [-0.2, 0) is 6.54 Å². The Hall–Kier alpha value is -2.56. The molecule has 20 heavy (non-hydrogen) atoms. The Labute approximate surface area is 117 Å². The highest BCUT2D eigenvalue weighted by Gasteiger charge is 2.09. The molecule has 0 spiro atoms. The normalized spacial score (nSPS) is 9.90. The Bertz CT molecular complexity index is 563. The first-order chi connectivity index (χ1) is 9.72. The van der Waals surface area contributed by atoms with Gasteiger partial charge in [-0.05, 0) is 29.8 Å². The fourth-order valence-corrected chi connectivity index (χ4v) is 1.72. The van der Waals surface area contributed by atoms with Gasteiger partial charge in [0.1, 0.15) is 11.5 Å². The molecule has 0 aliphatic carbocycles. The number of carbonyl (C=O) groups excluding carboxylic acids is 1. The van der Waals surface area contributed by atoms with Gasteiger partial charge < -0.3 is 14.8 Å². The first-order valence-electron chi connectivity index (χ1n) is 6.13. The monoisotopic (exact) mass is 272 g/mol. The summed E-state index contributed by atoms with van der Waals surface area (Å²) in [6, 6.07) is 8.77. The molecule has 1 amide bonds. The highest BCUT2D eigenvalue weighted by atomic mass is 16.5. The molecule has 104 valence electrons. The maximum absolute atomic E-state index is 12.1. The first kappa shape index (κ1) is 13.9. The quantitative estimate of drug-likeness (QED) is 0.904. The van der Waals surface area contributed by atoms with Gasteiger partial charge in [0, 0.05) is 30.6 Å².